The number of carboxylic acid groups (broad SMARTS) is 1. The van der Waals surface area contributed by atoms with Gasteiger partial charge in [-0.1, -0.05) is 19.9 Å². The summed E-state index contributed by atoms with van der Waals surface area (Å²) >= 11 is 0. The highest BCUT2D eigenvalue weighted by Crippen LogP contribution is 2.56. The molecule has 0 saturated heterocycles. The Morgan fingerprint density at radius 2 is 2.00 bits per heavy atom. The van der Waals surface area contributed by atoms with Crippen LogP contribution < -0.4 is 5.32 Å². The summed E-state index contributed by atoms with van der Waals surface area (Å²) in [5.41, 5.74) is -1.22. The molecule has 0 heterocycles. The molecule has 1 aliphatic carbocycles. The molecule has 114 valence electrons. The van der Waals surface area contributed by atoms with Gasteiger partial charge in [-0.15, -0.1) is 0 Å². The maximum Gasteiger partial charge on any atom is 0.309 e. The van der Waals surface area contributed by atoms with E-state index in [1.54, 1.807) is 13.0 Å². The number of nitrogens with one attached hydrogen (secondary N) is 1. The summed E-state index contributed by atoms with van der Waals surface area (Å²) in [6, 6.07) is 5.68. The van der Waals surface area contributed by atoms with Gasteiger partial charge in [0.15, 0.2) is 0 Å². The number of carboxylic acids is 1. The third-order valence-electron chi connectivity index (χ3n) is 5.11. The summed E-state index contributed by atoms with van der Waals surface area (Å²) in [7, 11) is 0. The maximum absolute atomic E-state index is 13.1. The molecule has 4 nitrogen and oxygen atoms in total. The van der Waals surface area contributed by atoms with E-state index < -0.39 is 28.5 Å². The lowest BCUT2D eigenvalue weighted by atomic mass is 9.65. The number of carbonyl (C=O) groups excluding carboxylic acids is 1. The average Bonchev–Trinajstić information content (AvgIpc) is 2.61. The third-order valence-corrected chi connectivity index (χ3v) is 5.11. The van der Waals surface area contributed by atoms with Crippen LogP contribution in [0.25, 0.3) is 0 Å². The largest absolute Gasteiger partial charge is 0.481 e. The van der Waals surface area contributed by atoms with E-state index in [1.807, 2.05) is 13.8 Å². The van der Waals surface area contributed by atoms with Crippen molar-refractivity contribution in [1.82, 2.24) is 0 Å². The first kappa shape index (κ1) is 15.5. The Bertz CT molecular complexity index is 585. The molecule has 1 saturated carbocycles. The van der Waals surface area contributed by atoms with Crippen LogP contribution in [0.1, 0.15) is 33.6 Å². The second kappa shape index (κ2) is 5.13. The quantitative estimate of drug-likeness (QED) is 0.898. The van der Waals surface area contributed by atoms with Gasteiger partial charge in [-0.2, -0.15) is 0 Å². The van der Waals surface area contributed by atoms with E-state index in [0.717, 1.165) is 0 Å². The molecule has 0 radical (unpaired) electrons. The molecule has 1 aromatic carbocycles. The highest BCUT2D eigenvalue weighted by molar-refractivity contribution is 5.94. The van der Waals surface area contributed by atoms with Crippen LogP contribution >= 0.6 is 0 Å². The summed E-state index contributed by atoms with van der Waals surface area (Å²) in [6.07, 6.45) is 0.966. The molecule has 2 atom stereocenters. The van der Waals surface area contributed by atoms with E-state index in [1.165, 1.54) is 18.2 Å². The van der Waals surface area contributed by atoms with Gasteiger partial charge in [0.1, 0.15) is 5.82 Å². The van der Waals surface area contributed by atoms with Crippen molar-refractivity contribution in [3.8, 4) is 0 Å². The zero-order valence-corrected chi connectivity index (χ0v) is 12.4. The van der Waals surface area contributed by atoms with E-state index in [2.05, 4.69) is 5.32 Å². The summed E-state index contributed by atoms with van der Waals surface area (Å²) < 4.78 is 13.1. The number of aliphatic carboxylic acids is 1. The minimum atomic E-state index is -0.934. The van der Waals surface area contributed by atoms with Crippen LogP contribution in [0.2, 0.25) is 0 Å². The first-order valence-corrected chi connectivity index (χ1v) is 6.98. The lowest BCUT2D eigenvalue weighted by molar-refractivity contribution is -0.154. The standard InChI is InChI=1S/C16H20FNO3/c1-15(2)12(7-8-16(15,3)14(20)21)13(19)18-11-6-4-5-10(17)9-11/h4-6,9,12H,7-8H2,1-3H3,(H,18,19)(H,20,21)/t12-,16+/m1/s1. The van der Waals surface area contributed by atoms with Gasteiger partial charge in [-0.05, 0) is 43.4 Å². The van der Waals surface area contributed by atoms with Crippen molar-refractivity contribution in [2.75, 3.05) is 5.32 Å². The summed E-state index contributed by atoms with van der Waals surface area (Å²) in [5.74, 6) is -1.97. The molecule has 0 aliphatic heterocycles. The molecule has 1 aromatic rings. The van der Waals surface area contributed by atoms with Gasteiger partial charge in [0, 0.05) is 11.6 Å². The highest BCUT2D eigenvalue weighted by Gasteiger charge is 2.58. The molecule has 0 bridgehead atoms. The van der Waals surface area contributed by atoms with Gasteiger partial charge in [-0.25, -0.2) is 4.39 Å². The third kappa shape index (κ3) is 2.52. The smallest absolute Gasteiger partial charge is 0.309 e. The lowest BCUT2D eigenvalue weighted by Crippen LogP contribution is -2.43. The predicted octanol–water partition coefficient (Wildman–Crippen LogP) is 3.29. The van der Waals surface area contributed by atoms with Crippen molar-refractivity contribution in [3.05, 3.63) is 30.1 Å². The molecular weight excluding hydrogens is 273 g/mol. The number of halogens is 1. The first-order chi connectivity index (χ1) is 9.68. The van der Waals surface area contributed by atoms with Gasteiger partial charge in [0.05, 0.1) is 5.41 Å². The molecule has 0 unspecified atom stereocenters. The van der Waals surface area contributed by atoms with Crippen molar-refractivity contribution >= 4 is 17.6 Å². The van der Waals surface area contributed by atoms with Crippen molar-refractivity contribution < 1.29 is 19.1 Å². The normalized spacial score (nSPS) is 27.3. The molecular formula is C16H20FNO3. The Kier molecular flexibility index (Phi) is 3.78. The van der Waals surface area contributed by atoms with Crippen LogP contribution in [0.5, 0.6) is 0 Å². The topological polar surface area (TPSA) is 66.4 Å². The number of rotatable bonds is 3. The Balaban J connectivity index is 2.19. The summed E-state index contributed by atoms with van der Waals surface area (Å²) in [6.45, 7) is 5.30. The van der Waals surface area contributed by atoms with Gasteiger partial charge in [0.25, 0.3) is 0 Å². The molecule has 2 rings (SSSR count). The van der Waals surface area contributed by atoms with Crippen molar-refractivity contribution in [3.63, 3.8) is 0 Å². The SMILES string of the molecule is CC1(C)[C@@H](C(=O)Nc2cccc(F)c2)CC[C@@]1(C)C(=O)O. The van der Waals surface area contributed by atoms with Gasteiger partial charge in [-0.3, -0.25) is 9.59 Å². The second-order valence-electron chi connectivity index (χ2n) is 6.45. The molecule has 5 heteroatoms. The number of carbonyl (C=O) groups is 2. The molecule has 1 fully saturated rings. The van der Waals surface area contributed by atoms with Crippen LogP contribution in [0.15, 0.2) is 24.3 Å². The fourth-order valence-corrected chi connectivity index (χ4v) is 3.14. The van der Waals surface area contributed by atoms with Crippen LogP contribution in [-0.2, 0) is 9.59 Å². The Morgan fingerprint density at radius 3 is 2.52 bits per heavy atom. The first-order valence-electron chi connectivity index (χ1n) is 6.98. The Hall–Kier alpha value is -1.91. The van der Waals surface area contributed by atoms with E-state index in [-0.39, 0.29) is 5.91 Å². The second-order valence-corrected chi connectivity index (χ2v) is 6.45. The highest BCUT2D eigenvalue weighted by atomic mass is 19.1. The van der Waals surface area contributed by atoms with Crippen LogP contribution in [-0.4, -0.2) is 17.0 Å². The minimum absolute atomic E-state index is 0.254. The lowest BCUT2D eigenvalue weighted by Gasteiger charge is -2.37. The molecule has 0 aromatic heterocycles. The number of hydrogen-bond donors (Lipinski definition) is 2. The van der Waals surface area contributed by atoms with E-state index in [0.29, 0.717) is 18.5 Å². The van der Waals surface area contributed by atoms with Crippen LogP contribution in [0.4, 0.5) is 10.1 Å². The summed E-state index contributed by atoms with van der Waals surface area (Å²) in [4.78, 5) is 24.0. The fourth-order valence-electron chi connectivity index (χ4n) is 3.14. The van der Waals surface area contributed by atoms with Gasteiger partial charge < -0.3 is 10.4 Å². The zero-order chi connectivity index (χ0) is 15.8. The van der Waals surface area contributed by atoms with Crippen molar-refractivity contribution in [1.29, 1.82) is 0 Å². The molecule has 1 amide bonds. The van der Waals surface area contributed by atoms with Crippen LogP contribution in [0.3, 0.4) is 0 Å². The minimum Gasteiger partial charge on any atom is -0.481 e. The van der Waals surface area contributed by atoms with Crippen molar-refractivity contribution in [2.24, 2.45) is 16.7 Å². The Morgan fingerprint density at radius 1 is 1.33 bits per heavy atom. The molecule has 2 N–H and O–H groups in total. The Labute approximate surface area is 123 Å². The van der Waals surface area contributed by atoms with Crippen LogP contribution in [0, 0.1) is 22.6 Å². The molecule has 0 spiro atoms. The van der Waals surface area contributed by atoms with E-state index in [4.69, 9.17) is 0 Å². The van der Waals surface area contributed by atoms with Crippen molar-refractivity contribution in [2.45, 2.75) is 33.6 Å². The number of anilines is 1. The average molecular weight is 293 g/mol. The van der Waals surface area contributed by atoms with E-state index in [9.17, 15) is 19.1 Å². The zero-order valence-electron chi connectivity index (χ0n) is 12.4. The molecule has 21 heavy (non-hydrogen) atoms. The number of amides is 1. The van der Waals surface area contributed by atoms with Gasteiger partial charge in [0.2, 0.25) is 5.91 Å². The monoisotopic (exact) mass is 293 g/mol. The van der Waals surface area contributed by atoms with E-state index >= 15 is 0 Å². The predicted molar refractivity (Wildman–Crippen MR) is 77.3 cm³/mol. The summed E-state index contributed by atoms with van der Waals surface area (Å²) in [5, 5.41) is 12.1. The maximum atomic E-state index is 13.1. The molecule has 1 aliphatic rings. The van der Waals surface area contributed by atoms with Gasteiger partial charge >= 0.3 is 5.97 Å². The number of hydrogen-bond acceptors (Lipinski definition) is 2. The fraction of sp³-hybridized carbons (Fsp3) is 0.500. The number of benzene rings is 1.